The molecule has 0 atom stereocenters. The molecule has 0 aliphatic rings. The highest BCUT2D eigenvalue weighted by Gasteiger charge is 2.03. The quantitative estimate of drug-likeness (QED) is 0.541. The van der Waals surface area contributed by atoms with Gasteiger partial charge < -0.3 is 9.84 Å². The summed E-state index contributed by atoms with van der Waals surface area (Å²) >= 11 is 3.40. The topological polar surface area (TPSA) is 29.5 Å². The van der Waals surface area contributed by atoms with E-state index in [1.165, 1.54) is 44.9 Å². The van der Waals surface area contributed by atoms with Crippen LogP contribution in [0.2, 0.25) is 0 Å². The van der Waals surface area contributed by atoms with Crippen LogP contribution >= 0.6 is 15.9 Å². The minimum atomic E-state index is 0.0200. The van der Waals surface area contributed by atoms with Gasteiger partial charge in [-0.05, 0) is 24.6 Å². The fourth-order valence-corrected chi connectivity index (χ4v) is 2.64. The molecular formula is C17H27BrO2. The maximum Gasteiger partial charge on any atom is 0.124 e. The number of ether oxygens (including phenoxy) is 1. The van der Waals surface area contributed by atoms with Crippen molar-refractivity contribution in [3.8, 4) is 5.75 Å². The molecule has 1 aromatic rings. The third kappa shape index (κ3) is 7.30. The summed E-state index contributed by atoms with van der Waals surface area (Å²) in [7, 11) is 0. The molecule has 1 N–H and O–H groups in total. The molecule has 0 fully saturated rings. The zero-order valence-electron chi connectivity index (χ0n) is 12.5. The minimum Gasteiger partial charge on any atom is -0.493 e. The summed E-state index contributed by atoms with van der Waals surface area (Å²) in [5.74, 6) is 0.804. The van der Waals surface area contributed by atoms with Crippen molar-refractivity contribution in [2.75, 3.05) is 6.61 Å². The Balaban J connectivity index is 2.09. The molecule has 3 heteroatoms. The first-order valence-corrected chi connectivity index (χ1v) is 8.59. The van der Waals surface area contributed by atoms with Crippen LogP contribution in [0.25, 0.3) is 0 Å². The van der Waals surface area contributed by atoms with Gasteiger partial charge in [0.25, 0.3) is 0 Å². The fourth-order valence-electron chi connectivity index (χ4n) is 2.23. The number of aliphatic hydroxyl groups is 1. The van der Waals surface area contributed by atoms with E-state index in [4.69, 9.17) is 4.74 Å². The maximum absolute atomic E-state index is 9.29. The molecule has 0 aromatic heterocycles. The van der Waals surface area contributed by atoms with Gasteiger partial charge in [-0.15, -0.1) is 0 Å². The largest absolute Gasteiger partial charge is 0.493 e. The van der Waals surface area contributed by atoms with E-state index in [1.54, 1.807) is 0 Å². The highest BCUT2D eigenvalue weighted by Crippen LogP contribution is 2.23. The number of unbranched alkanes of at least 4 members (excludes halogenated alkanes) is 7. The molecule has 1 aromatic carbocycles. The van der Waals surface area contributed by atoms with Gasteiger partial charge in [-0.1, -0.05) is 67.8 Å². The summed E-state index contributed by atoms with van der Waals surface area (Å²) in [5.41, 5.74) is 0.846. The van der Waals surface area contributed by atoms with Gasteiger partial charge in [0.1, 0.15) is 5.75 Å². The summed E-state index contributed by atoms with van der Waals surface area (Å²) in [6, 6.07) is 5.77. The van der Waals surface area contributed by atoms with Gasteiger partial charge >= 0.3 is 0 Å². The van der Waals surface area contributed by atoms with Crippen LogP contribution in [-0.4, -0.2) is 11.7 Å². The lowest BCUT2D eigenvalue weighted by Gasteiger charge is -2.10. The summed E-state index contributed by atoms with van der Waals surface area (Å²) in [6.07, 6.45) is 10.4. The average molecular weight is 343 g/mol. The Hall–Kier alpha value is -0.540. The Labute approximate surface area is 131 Å². The second kappa shape index (κ2) is 11.2. The van der Waals surface area contributed by atoms with Crippen LogP contribution in [-0.2, 0) is 6.61 Å². The zero-order valence-corrected chi connectivity index (χ0v) is 14.1. The molecule has 0 spiro atoms. The SMILES string of the molecule is CCCCCCCCCCOc1ccc(Br)cc1CO. The van der Waals surface area contributed by atoms with Crippen molar-refractivity contribution in [1.29, 1.82) is 0 Å². The number of aliphatic hydroxyl groups excluding tert-OH is 1. The number of rotatable bonds is 11. The molecule has 0 heterocycles. The standard InChI is InChI=1S/C17H27BrO2/c1-2-3-4-5-6-7-8-9-12-20-17-11-10-16(18)13-15(17)14-19/h10-11,13,19H,2-9,12,14H2,1H3. The predicted octanol–water partition coefficient (Wildman–Crippen LogP) is 5.46. The van der Waals surface area contributed by atoms with E-state index < -0.39 is 0 Å². The van der Waals surface area contributed by atoms with Crippen LogP contribution in [0.15, 0.2) is 22.7 Å². The lowest BCUT2D eigenvalue weighted by atomic mass is 10.1. The first-order chi connectivity index (χ1) is 9.77. The van der Waals surface area contributed by atoms with Gasteiger partial charge in [-0.2, -0.15) is 0 Å². The minimum absolute atomic E-state index is 0.0200. The fraction of sp³-hybridized carbons (Fsp3) is 0.647. The van der Waals surface area contributed by atoms with E-state index in [0.29, 0.717) is 0 Å². The monoisotopic (exact) mass is 342 g/mol. The number of hydrogen-bond donors (Lipinski definition) is 1. The highest BCUT2D eigenvalue weighted by atomic mass is 79.9. The molecule has 2 nitrogen and oxygen atoms in total. The van der Waals surface area contributed by atoms with E-state index in [-0.39, 0.29) is 6.61 Å². The van der Waals surface area contributed by atoms with Crippen molar-refractivity contribution in [3.63, 3.8) is 0 Å². The molecule has 0 aliphatic heterocycles. The van der Waals surface area contributed by atoms with E-state index >= 15 is 0 Å². The van der Waals surface area contributed by atoms with Crippen molar-refractivity contribution in [2.24, 2.45) is 0 Å². The third-order valence-corrected chi connectivity index (χ3v) is 3.94. The van der Waals surface area contributed by atoms with E-state index in [2.05, 4.69) is 22.9 Å². The molecule has 0 amide bonds. The molecule has 1 rings (SSSR count). The van der Waals surface area contributed by atoms with Crippen molar-refractivity contribution in [3.05, 3.63) is 28.2 Å². The Morgan fingerprint density at radius 1 is 1.00 bits per heavy atom. The first kappa shape index (κ1) is 17.5. The highest BCUT2D eigenvalue weighted by molar-refractivity contribution is 9.10. The summed E-state index contributed by atoms with van der Waals surface area (Å²) in [5, 5.41) is 9.29. The Morgan fingerprint density at radius 2 is 1.65 bits per heavy atom. The van der Waals surface area contributed by atoms with Crippen LogP contribution in [0, 0.1) is 0 Å². The Bertz CT molecular complexity index is 366. The molecular weight excluding hydrogens is 316 g/mol. The number of hydrogen-bond acceptors (Lipinski definition) is 2. The molecule has 0 radical (unpaired) electrons. The molecule has 0 aliphatic carbocycles. The van der Waals surface area contributed by atoms with Crippen LogP contribution in [0.3, 0.4) is 0 Å². The van der Waals surface area contributed by atoms with Crippen LogP contribution < -0.4 is 4.74 Å². The molecule has 0 unspecified atom stereocenters. The van der Waals surface area contributed by atoms with E-state index in [1.807, 2.05) is 18.2 Å². The van der Waals surface area contributed by atoms with Crippen molar-refractivity contribution >= 4 is 15.9 Å². The zero-order chi connectivity index (χ0) is 14.6. The number of halogens is 1. The Morgan fingerprint density at radius 3 is 2.30 bits per heavy atom. The van der Waals surface area contributed by atoms with Gasteiger partial charge in [0.2, 0.25) is 0 Å². The van der Waals surface area contributed by atoms with Gasteiger partial charge in [0, 0.05) is 10.0 Å². The lowest BCUT2D eigenvalue weighted by Crippen LogP contribution is -2.00. The first-order valence-electron chi connectivity index (χ1n) is 7.80. The lowest BCUT2D eigenvalue weighted by molar-refractivity contribution is 0.259. The van der Waals surface area contributed by atoms with Gasteiger partial charge in [-0.3, -0.25) is 0 Å². The van der Waals surface area contributed by atoms with Crippen molar-refractivity contribution in [2.45, 2.75) is 64.9 Å². The molecule has 114 valence electrons. The maximum atomic E-state index is 9.29. The van der Waals surface area contributed by atoms with Crippen molar-refractivity contribution < 1.29 is 9.84 Å². The average Bonchev–Trinajstić information content (AvgIpc) is 2.46. The molecule has 0 saturated carbocycles. The molecule has 0 bridgehead atoms. The van der Waals surface area contributed by atoms with Gasteiger partial charge in [-0.25, -0.2) is 0 Å². The normalized spacial score (nSPS) is 10.8. The second-order valence-corrected chi connectivity index (χ2v) is 6.15. The van der Waals surface area contributed by atoms with Crippen LogP contribution in [0.4, 0.5) is 0 Å². The van der Waals surface area contributed by atoms with Gasteiger partial charge in [0.15, 0.2) is 0 Å². The van der Waals surface area contributed by atoms with E-state index in [0.717, 1.165) is 28.8 Å². The Kier molecular flexibility index (Phi) is 9.77. The molecule has 0 saturated heterocycles. The third-order valence-electron chi connectivity index (χ3n) is 3.45. The summed E-state index contributed by atoms with van der Waals surface area (Å²) in [6.45, 7) is 3.01. The predicted molar refractivity (Wildman–Crippen MR) is 88.2 cm³/mol. The van der Waals surface area contributed by atoms with Crippen molar-refractivity contribution in [1.82, 2.24) is 0 Å². The van der Waals surface area contributed by atoms with E-state index in [9.17, 15) is 5.11 Å². The number of benzene rings is 1. The van der Waals surface area contributed by atoms with Crippen LogP contribution in [0.5, 0.6) is 5.75 Å². The summed E-state index contributed by atoms with van der Waals surface area (Å²) < 4.78 is 6.72. The van der Waals surface area contributed by atoms with Crippen LogP contribution in [0.1, 0.15) is 63.9 Å². The molecule has 20 heavy (non-hydrogen) atoms. The second-order valence-electron chi connectivity index (χ2n) is 5.23. The summed E-state index contributed by atoms with van der Waals surface area (Å²) in [4.78, 5) is 0. The smallest absolute Gasteiger partial charge is 0.124 e. The van der Waals surface area contributed by atoms with Gasteiger partial charge in [0.05, 0.1) is 13.2 Å².